The minimum atomic E-state index is -0.312. The zero-order chi connectivity index (χ0) is 23.6. The van der Waals surface area contributed by atoms with Crippen LogP contribution in [0.3, 0.4) is 0 Å². The fraction of sp³-hybridized carbons (Fsp3) is 0.138. The van der Waals surface area contributed by atoms with E-state index in [-0.39, 0.29) is 17.6 Å². The standard InChI is InChI=1S/C29H25N3O3/c33-29(28-18-34-13-14-35-28)32-25-10-4-1-7-19(25)15-22(23-16-30-26-11-5-2-8-20(23)26)24-17-31-27-12-6-3-9-21(24)27/h1-12,16-18,22,30-31H,13-15H2,(H,32,33). The van der Waals surface area contributed by atoms with Gasteiger partial charge >= 0.3 is 0 Å². The van der Waals surface area contributed by atoms with E-state index in [0.29, 0.717) is 19.6 Å². The number of hydrogen-bond acceptors (Lipinski definition) is 3. The number of nitrogens with one attached hydrogen (secondary N) is 3. The molecular weight excluding hydrogens is 438 g/mol. The Hall–Kier alpha value is -4.45. The largest absolute Gasteiger partial charge is 0.494 e. The van der Waals surface area contributed by atoms with Gasteiger partial charge < -0.3 is 24.8 Å². The van der Waals surface area contributed by atoms with E-state index < -0.39 is 0 Å². The van der Waals surface area contributed by atoms with Crippen LogP contribution in [0, 0.1) is 0 Å². The lowest BCUT2D eigenvalue weighted by atomic mass is 9.85. The molecule has 1 amide bonds. The van der Waals surface area contributed by atoms with Gasteiger partial charge in [-0.1, -0.05) is 54.6 Å². The number of carbonyl (C=O) groups is 1. The van der Waals surface area contributed by atoms with Crippen molar-refractivity contribution < 1.29 is 14.3 Å². The molecule has 0 saturated heterocycles. The molecule has 3 heterocycles. The lowest BCUT2D eigenvalue weighted by Gasteiger charge is -2.20. The van der Waals surface area contributed by atoms with Gasteiger partial charge in [0, 0.05) is 45.8 Å². The second-order valence-electron chi connectivity index (χ2n) is 8.65. The van der Waals surface area contributed by atoms with Crippen LogP contribution in [0.4, 0.5) is 5.69 Å². The van der Waals surface area contributed by atoms with E-state index in [4.69, 9.17) is 9.47 Å². The minimum absolute atomic E-state index is 0.0637. The number of fused-ring (bicyclic) bond motifs is 2. The minimum Gasteiger partial charge on any atom is -0.494 e. The van der Waals surface area contributed by atoms with Gasteiger partial charge in [-0.2, -0.15) is 0 Å². The maximum Gasteiger partial charge on any atom is 0.294 e. The maximum absolute atomic E-state index is 12.8. The highest BCUT2D eigenvalue weighted by atomic mass is 16.6. The number of H-pyrrole nitrogens is 2. The highest BCUT2D eigenvalue weighted by molar-refractivity contribution is 6.02. The van der Waals surface area contributed by atoms with Crippen LogP contribution in [0.1, 0.15) is 22.6 Å². The molecule has 3 aromatic carbocycles. The highest BCUT2D eigenvalue weighted by Crippen LogP contribution is 2.38. The summed E-state index contributed by atoms with van der Waals surface area (Å²) in [6, 6.07) is 24.7. The van der Waals surface area contributed by atoms with Crippen LogP contribution in [0.25, 0.3) is 21.8 Å². The van der Waals surface area contributed by atoms with Crippen molar-refractivity contribution in [3.05, 3.63) is 114 Å². The van der Waals surface area contributed by atoms with Gasteiger partial charge in [0.1, 0.15) is 19.5 Å². The van der Waals surface area contributed by atoms with Crippen molar-refractivity contribution in [1.29, 1.82) is 0 Å². The van der Waals surface area contributed by atoms with Crippen LogP contribution in [-0.4, -0.2) is 29.1 Å². The summed E-state index contributed by atoms with van der Waals surface area (Å²) < 4.78 is 10.7. The monoisotopic (exact) mass is 463 g/mol. The van der Waals surface area contributed by atoms with Crippen LogP contribution < -0.4 is 5.32 Å². The van der Waals surface area contributed by atoms with E-state index in [9.17, 15) is 4.79 Å². The highest BCUT2D eigenvalue weighted by Gasteiger charge is 2.24. The first kappa shape index (κ1) is 21.1. The molecule has 0 radical (unpaired) electrons. The van der Waals surface area contributed by atoms with Crippen LogP contribution in [0.5, 0.6) is 0 Å². The van der Waals surface area contributed by atoms with Gasteiger partial charge in [0.05, 0.1) is 0 Å². The van der Waals surface area contributed by atoms with Gasteiger partial charge in [-0.05, 0) is 41.3 Å². The summed E-state index contributed by atoms with van der Waals surface area (Å²) in [6.07, 6.45) is 6.30. The summed E-state index contributed by atoms with van der Waals surface area (Å²) >= 11 is 0. The van der Waals surface area contributed by atoms with Crippen LogP contribution >= 0.6 is 0 Å². The zero-order valence-electron chi connectivity index (χ0n) is 19.1. The Morgan fingerprint density at radius 2 is 1.46 bits per heavy atom. The molecule has 35 heavy (non-hydrogen) atoms. The average molecular weight is 464 g/mol. The zero-order valence-corrected chi connectivity index (χ0v) is 19.1. The third-order valence-electron chi connectivity index (χ3n) is 6.56. The van der Waals surface area contributed by atoms with E-state index in [2.05, 4.69) is 70.1 Å². The Bertz CT molecular complexity index is 1470. The molecule has 0 fully saturated rings. The number of hydrogen-bond donors (Lipinski definition) is 3. The lowest BCUT2D eigenvalue weighted by molar-refractivity contribution is -0.117. The van der Waals surface area contributed by atoms with Crippen LogP contribution in [0.2, 0.25) is 0 Å². The number of para-hydroxylation sites is 3. The first-order valence-electron chi connectivity index (χ1n) is 11.7. The van der Waals surface area contributed by atoms with E-state index in [1.54, 1.807) is 0 Å². The summed E-state index contributed by atoms with van der Waals surface area (Å²) in [5, 5.41) is 5.42. The number of amides is 1. The molecule has 0 bridgehead atoms. The Morgan fingerprint density at radius 1 is 0.829 bits per heavy atom. The molecular formula is C29H25N3O3. The molecule has 6 nitrogen and oxygen atoms in total. The van der Waals surface area contributed by atoms with Crippen molar-refractivity contribution >= 4 is 33.4 Å². The molecule has 6 rings (SSSR count). The Morgan fingerprint density at radius 3 is 2.11 bits per heavy atom. The number of rotatable bonds is 6. The first-order valence-corrected chi connectivity index (χ1v) is 11.7. The van der Waals surface area contributed by atoms with Crippen molar-refractivity contribution in [2.75, 3.05) is 18.5 Å². The Kier molecular flexibility index (Phi) is 5.47. The molecule has 3 N–H and O–H groups in total. The predicted molar refractivity (Wildman–Crippen MR) is 137 cm³/mol. The fourth-order valence-electron chi connectivity index (χ4n) is 4.86. The molecule has 1 aliphatic rings. The average Bonchev–Trinajstić information content (AvgIpc) is 3.53. The number of ether oxygens (including phenoxy) is 2. The van der Waals surface area contributed by atoms with Gasteiger partial charge in [-0.3, -0.25) is 4.79 Å². The molecule has 2 aromatic heterocycles. The van der Waals surface area contributed by atoms with Crippen molar-refractivity contribution in [2.45, 2.75) is 12.3 Å². The number of aromatic amines is 2. The molecule has 0 atom stereocenters. The molecule has 0 aliphatic carbocycles. The lowest BCUT2D eigenvalue weighted by Crippen LogP contribution is -2.22. The first-order chi connectivity index (χ1) is 17.3. The van der Waals surface area contributed by atoms with Crippen LogP contribution in [-0.2, 0) is 20.7 Å². The molecule has 174 valence electrons. The summed E-state index contributed by atoms with van der Waals surface area (Å²) in [7, 11) is 0. The Labute approximate surface area is 202 Å². The van der Waals surface area contributed by atoms with Gasteiger partial charge in [-0.25, -0.2) is 0 Å². The summed E-state index contributed by atoms with van der Waals surface area (Å²) in [5.41, 5.74) is 6.46. The molecule has 6 heteroatoms. The Balaban J connectivity index is 1.41. The van der Waals surface area contributed by atoms with Crippen molar-refractivity contribution in [2.24, 2.45) is 0 Å². The van der Waals surface area contributed by atoms with Gasteiger partial charge in [0.15, 0.2) is 0 Å². The van der Waals surface area contributed by atoms with Crippen molar-refractivity contribution in [3.8, 4) is 0 Å². The molecule has 5 aromatic rings. The SMILES string of the molecule is O=C(Nc1ccccc1CC(c1c[nH]c2ccccc12)c1c[nH]c2ccccc12)C1=COCCO1. The molecule has 0 saturated carbocycles. The molecule has 0 unspecified atom stereocenters. The molecule has 0 spiro atoms. The summed E-state index contributed by atoms with van der Waals surface area (Å²) in [5.74, 6) is -0.0578. The number of aromatic nitrogens is 2. The summed E-state index contributed by atoms with van der Waals surface area (Å²) in [4.78, 5) is 19.7. The van der Waals surface area contributed by atoms with E-state index in [1.807, 2.05) is 30.3 Å². The number of carbonyl (C=O) groups excluding carboxylic acids is 1. The smallest absolute Gasteiger partial charge is 0.294 e. The van der Waals surface area contributed by atoms with Gasteiger partial charge in [0.2, 0.25) is 5.76 Å². The van der Waals surface area contributed by atoms with E-state index in [1.165, 1.54) is 28.2 Å². The van der Waals surface area contributed by atoms with E-state index >= 15 is 0 Å². The third kappa shape index (κ3) is 4.04. The quantitative estimate of drug-likeness (QED) is 0.296. The predicted octanol–water partition coefficient (Wildman–Crippen LogP) is 5.85. The van der Waals surface area contributed by atoms with Gasteiger partial charge in [-0.15, -0.1) is 0 Å². The van der Waals surface area contributed by atoms with Crippen molar-refractivity contribution in [3.63, 3.8) is 0 Å². The number of benzene rings is 3. The maximum atomic E-state index is 12.8. The fourth-order valence-corrected chi connectivity index (χ4v) is 4.86. The topological polar surface area (TPSA) is 79.1 Å². The second-order valence-corrected chi connectivity index (χ2v) is 8.65. The number of anilines is 1. The van der Waals surface area contributed by atoms with E-state index in [0.717, 1.165) is 22.3 Å². The van der Waals surface area contributed by atoms with Gasteiger partial charge in [0.25, 0.3) is 5.91 Å². The summed E-state index contributed by atoms with van der Waals surface area (Å²) in [6.45, 7) is 0.814. The normalized spacial score (nSPS) is 13.5. The second kappa shape index (κ2) is 9.06. The third-order valence-corrected chi connectivity index (χ3v) is 6.56. The van der Waals surface area contributed by atoms with Crippen molar-refractivity contribution in [1.82, 2.24) is 9.97 Å². The molecule has 1 aliphatic heterocycles. The van der Waals surface area contributed by atoms with Crippen LogP contribution in [0.15, 0.2) is 97.2 Å².